The summed E-state index contributed by atoms with van der Waals surface area (Å²) in [5.41, 5.74) is 3.74. The number of amides is 1. The zero-order valence-corrected chi connectivity index (χ0v) is 17.5. The van der Waals surface area contributed by atoms with Crippen LogP contribution >= 0.6 is 23.2 Å². The second-order valence-electron chi connectivity index (χ2n) is 6.60. The van der Waals surface area contributed by atoms with E-state index in [9.17, 15) is 4.79 Å². The monoisotopic (exact) mass is 437 g/mol. The molecule has 4 rings (SSSR count). The molecule has 1 N–H and O–H groups in total. The number of halogens is 2. The third kappa shape index (κ3) is 4.06. The van der Waals surface area contributed by atoms with E-state index < -0.39 is 5.38 Å². The largest absolute Gasteiger partial charge is 0.309 e. The van der Waals surface area contributed by atoms with Crippen LogP contribution in [0.1, 0.15) is 10.9 Å². The van der Waals surface area contributed by atoms with E-state index in [-0.39, 0.29) is 5.91 Å². The normalized spacial score (nSPS) is 11.8. The molecule has 0 bridgehead atoms. The van der Waals surface area contributed by atoms with Crippen LogP contribution in [0.2, 0.25) is 5.02 Å². The number of benzene rings is 2. The lowest BCUT2D eigenvalue weighted by molar-refractivity contribution is -0.116. The van der Waals surface area contributed by atoms with Crippen LogP contribution < -0.4 is 5.32 Å². The SMILES string of the molecule is Cn1nc(-c2ccc(Cl)cc2)c(-c2ccnnc2)c1NC(=O)C(Cl)c1ccccc1. The van der Waals surface area contributed by atoms with Gasteiger partial charge in [-0.25, -0.2) is 0 Å². The van der Waals surface area contributed by atoms with Gasteiger partial charge in [-0.1, -0.05) is 54.1 Å². The second-order valence-corrected chi connectivity index (χ2v) is 7.47. The lowest BCUT2D eigenvalue weighted by Gasteiger charge is -2.13. The highest BCUT2D eigenvalue weighted by Crippen LogP contribution is 2.38. The molecular weight excluding hydrogens is 421 g/mol. The molecule has 0 saturated carbocycles. The molecule has 150 valence electrons. The number of rotatable bonds is 5. The fraction of sp³-hybridized carbons (Fsp3) is 0.0909. The maximum atomic E-state index is 12.9. The molecule has 0 spiro atoms. The summed E-state index contributed by atoms with van der Waals surface area (Å²) in [6, 6.07) is 18.3. The van der Waals surface area contributed by atoms with E-state index in [0.29, 0.717) is 22.1 Å². The van der Waals surface area contributed by atoms with Gasteiger partial charge in [-0.3, -0.25) is 9.48 Å². The number of hydrogen-bond donors (Lipinski definition) is 1. The average molecular weight is 438 g/mol. The molecule has 30 heavy (non-hydrogen) atoms. The summed E-state index contributed by atoms with van der Waals surface area (Å²) >= 11 is 12.5. The van der Waals surface area contributed by atoms with Crippen LogP contribution in [0.25, 0.3) is 22.4 Å². The Kier molecular flexibility index (Phi) is 5.79. The third-order valence-corrected chi connectivity index (χ3v) is 5.30. The first-order chi connectivity index (χ1) is 14.5. The molecule has 2 heterocycles. The molecule has 2 aromatic carbocycles. The second kappa shape index (κ2) is 8.65. The first-order valence-corrected chi connectivity index (χ1v) is 9.96. The van der Waals surface area contributed by atoms with Gasteiger partial charge in [-0.15, -0.1) is 11.6 Å². The van der Waals surface area contributed by atoms with E-state index in [2.05, 4.69) is 20.6 Å². The zero-order chi connectivity index (χ0) is 21.1. The fourth-order valence-electron chi connectivity index (χ4n) is 3.14. The molecule has 4 aromatic rings. The van der Waals surface area contributed by atoms with Gasteiger partial charge in [-0.05, 0) is 23.8 Å². The van der Waals surface area contributed by atoms with Crippen LogP contribution in [0, 0.1) is 0 Å². The van der Waals surface area contributed by atoms with Crippen LogP contribution in [0.3, 0.4) is 0 Å². The minimum Gasteiger partial charge on any atom is -0.309 e. The molecule has 0 aliphatic carbocycles. The third-order valence-electron chi connectivity index (χ3n) is 4.60. The summed E-state index contributed by atoms with van der Waals surface area (Å²) in [5.74, 6) is 0.163. The zero-order valence-electron chi connectivity index (χ0n) is 16.0. The molecule has 1 unspecified atom stereocenters. The van der Waals surface area contributed by atoms with Crippen LogP contribution in [0.15, 0.2) is 73.1 Å². The van der Waals surface area contributed by atoms with Crippen molar-refractivity contribution in [3.05, 3.63) is 83.6 Å². The number of hydrogen-bond acceptors (Lipinski definition) is 4. The lowest BCUT2D eigenvalue weighted by atomic mass is 10.0. The summed E-state index contributed by atoms with van der Waals surface area (Å²) < 4.78 is 1.62. The summed E-state index contributed by atoms with van der Waals surface area (Å²) in [6.07, 6.45) is 3.22. The van der Waals surface area contributed by atoms with Gasteiger partial charge in [0.05, 0.1) is 18.0 Å². The number of alkyl halides is 1. The van der Waals surface area contributed by atoms with Crippen molar-refractivity contribution < 1.29 is 4.79 Å². The maximum Gasteiger partial charge on any atom is 0.248 e. The van der Waals surface area contributed by atoms with Crippen molar-refractivity contribution in [2.24, 2.45) is 7.05 Å². The minimum absolute atomic E-state index is 0.350. The fourth-order valence-corrected chi connectivity index (χ4v) is 3.47. The van der Waals surface area contributed by atoms with Crippen LogP contribution in [0.4, 0.5) is 5.82 Å². The Morgan fingerprint density at radius 2 is 1.73 bits per heavy atom. The lowest BCUT2D eigenvalue weighted by Crippen LogP contribution is -2.19. The summed E-state index contributed by atoms with van der Waals surface area (Å²) in [6.45, 7) is 0. The van der Waals surface area contributed by atoms with E-state index in [4.69, 9.17) is 23.2 Å². The number of aryl methyl sites for hydroxylation is 1. The van der Waals surface area contributed by atoms with Gasteiger partial charge in [0.2, 0.25) is 5.91 Å². The number of aromatic nitrogens is 4. The van der Waals surface area contributed by atoms with E-state index >= 15 is 0 Å². The molecule has 2 aromatic heterocycles. The maximum absolute atomic E-state index is 12.9. The number of nitrogens with zero attached hydrogens (tertiary/aromatic N) is 4. The van der Waals surface area contributed by atoms with Crippen LogP contribution in [-0.4, -0.2) is 25.9 Å². The Morgan fingerprint density at radius 3 is 2.40 bits per heavy atom. The molecule has 0 saturated heterocycles. The summed E-state index contributed by atoms with van der Waals surface area (Å²) in [7, 11) is 1.76. The molecule has 6 nitrogen and oxygen atoms in total. The molecule has 1 amide bonds. The summed E-state index contributed by atoms with van der Waals surface area (Å²) in [4.78, 5) is 12.9. The van der Waals surface area contributed by atoms with E-state index in [0.717, 1.165) is 16.7 Å². The van der Waals surface area contributed by atoms with Gasteiger partial charge < -0.3 is 5.32 Å². The highest BCUT2D eigenvalue weighted by Gasteiger charge is 2.24. The van der Waals surface area contributed by atoms with E-state index in [1.165, 1.54) is 0 Å². The molecule has 0 fully saturated rings. The Balaban J connectivity index is 1.78. The minimum atomic E-state index is -0.844. The number of carbonyl (C=O) groups is 1. The smallest absolute Gasteiger partial charge is 0.248 e. The molecule has 8 heteroatoms. The van der Waals surface area contributed by atoms with E-state index in [1.54, 1.807) is 36.3 Å². The molecular formula is C22H17Cl2N5O. The first kappa shape index (κ1) is 20.1. The predicted molar refractivity (Wildman–Crippen MR) is 118 cm³/mol. The number of anilines is 1. The molecule has 0 aliphatic rings. The van der Waals surface area contributed by atoms with Crippen molar-refractivity contribution in [1.29, 1.82) is 0 Å². The molecule has 1 atom stereocenters. The van der Waals surface area contributed by atoms with Gasteiger partial charge in [-0.2, -0.15) is 15.3 Å². The van der Waals surface area contributed by atoms with Gasteiger partial charge in [0.25, 0.3) is 0 Å². The van der Waals surface area contributed by atoms with Gasteiger partial charge in [0, 0.05) is 23.2 Å². The van der Waals surface area contributed by atoms with Crippen molar-refractivity contribution in [3.63, 3.8) is 0 Å². The quantitative estimate of drug-likeness (QED) is 0.439. The Morgan fingerprint density at radius 1 is 1.00 bits per heavy atom. The Hall–Kier alpha value is -3.22. The van der Waals surface area contributed by atoms with Crippen LogP contribution in [0.5, 0.6) is 0 Å². The number of nitrogens with one attached hydrogen (secondary N) is 1. The predicted octanol–water partition coefficient (Wildman–Crippen LogP) is 5.12. The highest BCUT2D eigenvalue weighted by molar-refractivity contribution is 6.32. The topological polar surface area (TPSA) is 72.7 Å². The van der Waals surface area contributed by atoms with Crippen molar-refractivity contribution in [1.82, 2.24) is 20.0 Å². The van der Waals surface area contributed by atoms with Crippen molar-refractivity contribution in [3.8, 4) is 22.4 Å². The summed E-state index contributed by atoms with van der Waals surface area (Å²) in [5, 5.41) is 15.2. The van der Waals surface area contributed by atoms with Gasteiger partial charge in [0.1, 0.15) is 16.9 Å². The molecule has 0 radical (unpaired) electrons. The Bertz CT molecular complexity index is 1160. The van der Waals surface area contributed by atoms with Crippen molar-refractivity contribution in [2.75, 3.05) is 5.32 Å². The first-order valence-electron chi connectivity index (χ1n) is 9.14. The van der Waals surface area contributed by atoms with Crippen molar-refractivity contribution in [2.45, 2.75) is 5.38 Å². The van der Waals surface area contributed by atoms with Gasteiger partial charge in [0.15, 0.2) is 0 Å². The number of carbonyl (C=O) groups excluding carboxylic acids is 1. The van der Waals surface area contributed by atoms with Gasteiger partial charge >= 0.3 is 0 Å². The van der Waals surface area contributed by atoms with Crippen LogP contribution in [-0.2, 0) is 11.8 Å². The average Bonchev–Trinajstić information content (AvgIpc) is 3.10. The van der Waals surface area contributed by atoms with Crippen molar-refractivity contribution >= 4 is 34.9 Å². The highest BCUT2D eigenvalue weighted by atomic mass is 35.5. The van der Waals surface area contributed by atoms with E-state index in [1.807, 2.05) is 48.5 Å². The Labute approximate surface area is 183 Å². The standard InChI is InChI=1S/C22H17Cl2N5O/c1-29-21(27-22(30)19(24)14-5-3-2-4-6-14)18(16-11-12-25-26-13-16)20(28-29)15-7-9-17(23)10-8-15/h2-13,19H,1H3,(H,27,30). The molecule has 0 aliphatic heterocycles.